The molecule has 23 heavy (non-hydrogen) atoms. The minimum atomic E-state index is -0.933. The molecule has 6 heteroatoms. The first-order chi connectivity index (χ1) is 11.1. The smallest absolute Gasteiger partial charge is 0.0771 e. The van der Waals surface area contributed by atoms with Gasteiger partial charge in [0.05, 0.1) is 24.5 Å². The number of aromatic nitrogens is 2. The molecule has 3 rings (SSSR count). The lowest BCUT2D eigenvalue weighted by Crippen LogP contribution is -2.15. The zero-order valence-corrected chi connectivity index (χ0v) is 14.4. The Hall–Kier alpha value is -1.66. The molecule has 5 nitrogen and oxygen atoms in total. The van der Waals surface area contributed by atoms with Crippen LogP contribution in [0.2, 0.25) is 0 Å². The zero-order valence-electron chi connectivity index (χ0n) is 13.6. The maximum absolute atomic E-state index is 11.4. The second-order valence-electron chi connectivity index (χ2n) is 5.98. The average molecular weight is 333 g/mol. The Balaban J connectivity index is 1.59. The third-order valence-corrected chi connectivity index (χ3v) is 5.08. The molecule has 0 amide bonds. The van der Waals surface area contributed by atoms with Gasteiger partial charge in [0, 0.05) is 40.8 Å². The quantitative estimate of drug-likeness (QED) is 0.883. The highest BCUT2D eigenvalue weighted by Crippen LogP contribution is 2.21. The second-order valence-corrected chi connectivity index (χ2v) is 7.35. The summed E-state index contributed by atoms with van der Waals surface area (Å²) >= 11 is 0. The van der Waals surface area contributed by atoms with Crippen LogP contribution in [0.15, 0.2) is 41.6 Å². The molecule has 124 valence electrons. The predicted molar refractivity (Wildman–Crippen MR) is 92.0 cm³/mol. The molecule has 1 fully saturated rings. The van der Waals surface area contributed by atoms with Gasteiger partial charge in [-0.2, -0.15) is 5.10 Å². The van der Waals surface area contributed by atoms with Gasteiger partial charge in [-0.3, -0.25) is 8.89 Å². The minimum Gasteiger partial charge on any atom is -0.376 e. The molecular formula is C17H23N3O2S. The third kappa shape index (κ3) is 4.20. The van der Waals surface area contributed by atoms with E-state index in [1.807, 2.05) is 41.3 Å². The van der Waals surface area contributed by atoms with Gasteiger partial charge in [-0.15, -0.1) is 0 Å². The lowest BCUT2D eigenvalue weighted by atomic mass is 10.1. The number of nitrogens with one attached hydrogen (secondary N) is 1. The van der Waals surface area contributed by atoms with Crippen molar-refractivity contribution in [2.45, 2.75) is 43.4 Å². The summed E-state index contributed by atoms with van der Waals surface area (Å²) in [5, 5.41) is 7.85. The van der Waals surface area contributed by atoms with E-state index in [1.54, 1.807) is 6.26 Å². The van der Waals surface area contributed by atoms with Crippen molar-refractivity contribution in [3.05, 3.63) is 42.2 Å². The lowest BCUT2D eigenvalue weighted by Gasteiger charge is -2.14. The van der Waals surface area contributed by atoms with E-state index in [1.165, 1.54) is 0 Å². The van der Waals surface area contributed by atoms with Crippen molar-refractivity contribution in [1.29, 1.82) is 0 Å². The van der Waals surface area contributed by atoms with Crippen LogP contribution in [0, 0.1) is 0 Å². The van der Waals surface area contributed by atoms with Crippen molar-refractivity contribution in [3.8, 4) is 0 Å². The molecule has 1 aliphatic heterocycles. The highest BCUT2D eigenvalue weighted by atomic mass is 32.2. The molecule has 0 unspecified atom stereocenters. The Labute approximate surface area is 139 Å². The van der Waals surface area contributed by atoms with Crippen LogP contribution in [0.4, 0.5) is 5.69 Å². The summed E-state index contributed by atoms with van der Waals surface area (Å²) < 4.78 is 19.0. The molecule has 1 aromatic heterocycles. The van der Waals surface area contributed by atoms with E-state index in [9.17, 15) is 4.21 Å². The van der Waals surface area contributed by atoms with Crippen molar-refractivity contribution in [1.82, 2.24) is 9.78 Å². The number of hydrogen-bond donors (Lipinski definition) is 1. The Morgan fingerprint density at radius 2 is 2.22 bits per heavy atom. The molecule has 0 aliphatic carbocycles. The summed E-state index contributed by atoms with van der Waals surface area (Å²) in [5.74, 6) is 0. The van der Waals surface area contributed by atoms with Gasteiger partial charge in [0.15, 0.2) is 0 Å². The van der Waals surface area contributed by atoms with Crippen LogP contribution < -0.4 is 5.32 Å². The molecular weight excluding hydrogens is 310 g/mol. The number of ether oxygens (including phenoxy) is 1. The molecule has 1 N–H and O–H groups in total. The molecule has 1 saturated heterocycles. The summed E-state index contributed by atoms with van der Waals surface area (Å²) in [6.45, 7) is 3.79. The summed E-state index contributed by atoms with van der Waals surface area (Å²) in [6, 6.07) is 8.04. The lowest BCUT2D eigenvalue weighted by molar-refractivity contribution is 0.0940. The van der Waals surface area contributed by atoms with E-state index in [0.29, 0.717) is 6.10 Å². The van der Waals surface area contributed by atoms with Gasteiger partial charge in [0.2, 0.25) is 0 Å². The van der Waals surface area contributed by atoms with E-state index in [-0.39, 0.29) is 6.04 Å². The Morgan fingerprint density at radius 1 is 1.43 bits per heavy atom. The van der Waals surface area contributed by atoms with Crippen molar-refractivity contribution < 1.29 is 8.95 Å². The maximum atomic E-state index is 11.4. The summed E-state index contributed by atoms with van der Waals surface area (Å²) in [6.07, 6.45) is 8.12. The Kier molecular flexibility index (Phi) is 5.13. The first-order valence-electron chi connectivity index (χ1n) is 7.96. The van der Waals surface area contributed by atoms with Crippen LogP contribution in [0.5, 0.6) is 0 Å². The topological polar surface area (TPSA) is 56.1 Å². The molecule has 1 aromatic carbocycles. The fraction of sp³-hybridized carbons (Fsp3) is 0.471. The van der Waals surface area contributed by atoms with Gasteiger partial charge in [-0.25, -0.2) is 0 Å². The van der Waals surface area contributed by atoms with E-state index in [0.717, 1.165) is 42.1 Å². The summed E-state index contributed by atoms with van der Waals surface area (Å²) in [4.78, 5) is 0.852. The molecule has 0 saturated carbocycles. The zero-order chi connectivity index (χ0) is 16.2. The molecule has 0 radical (unpaired) electrons. The third-order valence-electron chi connectivity index (χ3n) is 4.14. The maximum Gasteiger partial charge on any atom is 0.0771 e. The average Bonchev–Trinajstić information content (AvgIpc) is 3.20. The van der Waals surface area contributed by atoms with Crippen LogP contribution in [0.1, 0.15) is 31.4 Å². The van der Waals surface area contributed by atoms with Crippen LogP contribution in [0.25, 0.3) is 0 Å². The highest BCUT2D eigenvalue weighted by Gasteiger charge is 2.16. The molecule has 1 aliphatic rings. The van der Waals surface area contributed by atoms with Crippen LogP contribution in [-0.2, 0) is 22.1 Å². The molecule has 2 aromatic rings. The largest absolute Gasteiger partial charge is 0.376 e. The highest BCUT2D eigenvalue weighted by molar-refractivity contribution is 7.84. The molecule has 2 heterocycles. The normalized spacial score (nSPS) is 20.3. The first kappa shape index (κ1) is 16.2. The van der Waals surface area contributed by atoms with E-state index in [2.05, 4.69) is 17.3 Å². The van der Waals surface area contributed by atoms with Crippen LogP contribution in [-0.4, -0.2) is 33.0 Å². The van der Waals surface area contributed by atoms with E-state index in [4.69, 9.17) is 4.74 Å². The van der Waals surface area contributed by atoms with Crippen molar-refractivity contribution in [2.75, 3.05) is 18.2 Å². The number of rotatable bonds is 6. The number of anilines is 1. The summed E-state index contributed by atoms with van der Waals surface area (Å²) in [5.41, 5.74) is 2.16. The fourth-order valence-electron chi connectivity index (χ4n) is 2.82. The van der Waals surface area contributed by atoms with Gasteiger partial charge in [-0.1, -0.05) is 12.1 Å². The number of hydrogen-bond acceptors (Lipinski definition) is 4. The van der Waals surface area contributed by atoms with E-state index < -0.39 is 10.8 Å². The van der Waals surface area contributed by atoms with Gasteiger partial charge in [0.1, 0.15) is 0 Å². The molecule has 0 spiro atoms. The molecule has 0 bridgehead atoms. The number of nitrogens with zero attached hydrogens (tertiary/aromatic N) is 2. The van der Waals surface area contributed by atoms with Crippen LogP contribution >= 0.6 is 0 Å². The molecule has 3 atom stereocenters. The van der Waals surface area contributed by atoms with Crippen molar-refractivity contribution in [2.24, 2.45) is 0 Å². The van der Waals surface area contributed by atoms with Gasteiger partial charge >= 0.3 is 0 Å². The van der Waals surface area contributed by atoms with E-state index >= 15 is 0 Å². The standard InChI is InChI=1S/C17H23N3O2S/c1-13(14-5-7-17(8-6-14)23(2)21)19-15-10-18-20(11-15)12-16-4-3-9-22-16/h5-8,10-11,13,16,19H,3-4,9,12H2,1-2H3/t13-,16-,23-/m0/s1. The second kappa shape index (κ2) is 7.27. The summed E-state index contributed by atoms with van der Waals surface area (Å²) in [7, 11) is -0.933. The van der Waals surface area contributed by atoms with Crippen LogP contribution in [0.3, 0.4) is 0 Å². The predicted octanol–water partition coefficient (Wildman–Crippen LogP) is 2.97. The SMILES string of the molecule is C[C@H](Nc1cnn(C[C@@H]2CCCO2)c1)c1ccc([S@](C)=O)cc1. The Bertz CT molecular complexity index is 663. The first-order valence-corrected chi connectivity index (χ1v) is 9.51. The Morgan fingerprint density at radius 3 is 2.87 bits per heavy atom. The fourth-order valence-corrected chi connectivity index (χ4v) is 3.34. The van der Waals surface area contributed by atoms with Gasteiger partial charge in [-0.05, 0) is 37.5 Å². The van der Waals surface area contributed by atoms with Gasteiger partial charge < -0.3 is 10.1 Å². The number of benzene rings is 1. The van der Waals surface area contributed by atoms with Crippen molar-refractivity contribution in [3.63, 3.8) is 0 Å². The minimum absolute atomic E-state index is 0.162. The van der Waals surface area contributed by atoms with Gasteiger partial charge in [0.25, 0.3) is 0 Å². The van der Waals surface area contributed by atoms with Crippen molar-refractivity contribution >= 4 is 16.5 Å². The monoisotopic (exact) mass is 333 g/mol.